The normalized spacial score (nSPS) is 11.1. The van der Waals surface area contributed by atoms with E-state index >= 15 is 0 Å². The lowest BCUT2D eigenvalue weighted by atomic mass is 10.2. The summed E-state index contributed by atoms with van der Waals surface area (Å²) in [5.74, 6) is -0.286. The van der Waals surface area contributed by atoms with Crippen LogP contribution >= 0.6 is 11.6 Å². The fraction of sp³-hybridized carbons (Fsp3) is 0.235. The third-order valence-corrected chi connectivity index (χ3v) is 5.73. The maximum absolute atomic E-state index is 12.3. The minimum atomic E-state index is -3.34. The van der Waals surface area contributed by atoms with E-state index in [9.17, 15) is 13.2 Å². The first-order chi connectivity index (χ1) is 11.4. The number of para-hydroxylation sites is 1. The van der Waals surface area contributed by atoms with Crippen LogP contribution in [0.4, 0.5) is 11.4 Å². The highest BCUT2D eigenvalue weighted by molar-refractivity contribution is 7.92. The van der Waals surface area contributed by atoms with Crippen LogP contribution in [0.5, 0.6) is 0 Å². The predicted octanol–water partition coefficient (Wildman–Crippen LogP) is 3.77. The smallest absolute Gasteiger partial charge is 0.255 e. The van der Waals surface area contributed by atoms with Crippen molar-refractivity contribution in [2.75, 3.05) is 21.9 Å². The molecule has 2 rings (SSSR count). The number of carbonyl (C=O) groups excluding carboxylic acids is 1. The highest BCUT2D eigenvalue weighted by Gasteiger charge is 2.19. The van der Waals surface area contributed by atoms with Gasteiger partial charge in [-0.05, 0) is 50.2 Å². The van der Waals surface area contributed by atoms with Crippen LogP contribution in [0.3, 0.4) is 0 Å². The molecule has 5 nitrogen and oxygen atoms in total. The molecule has 0 fully saturated rings. The number of carbonyl (C=O) groups is 1. The molecule has 0 aliphatic carbocycles. The molecule has 0 heterocycles. The van der Waals surface area contributed by atoms with Crippen LogP contribution in [0.2, 0.25) is 5.02 Å². The molecule has 2 aromatic rings. The van der Waals surface area contributed by atoms with Crippen molar-refractivity contribution in [3.63, 3.8) is 0 Å². The molecule has 0 radical (unpaired) electrons. The van der Waals surface area contributed by atoms with Crippen LogP contribution < -0.4 is 9.62 Å². The minimum Gasteiger partial charge on any atom is -0.321 e. The Bertz CT molecular complexity index is 820. The third-order valence-electron chi connectivity index (χ3n) is 3.53. The monoisotopic (exact) mass is 366 g/mol. The van der Waals surface area contributed by atoms with Crippen LogP contribution in [-0.4, -0.2) is 26.6 Å². The summed E-state index contributed by atoms with van der Waals surface area (Å²) in [5, 5.41) is 3.18. The summed E-state index contributed by atoms with van der Waals surface area (Å²) in [6.45, 7) is 3.70. The quantitative estimate of drug-likeness (QED) is 0.846. The predicted molar refractivity (Wildman–Crippen MR) is 98.3 cm³/mol. The Morgan fingerprint density at radius 1 is 1.08 bits per heavy atom. The summed E-state index contributed by atoms with van der Waals surface area (Å²) < 4.78 is 25.4. The topological polar surface area (TPSA) is 66.5 Å². The average molecular weight is 367 g/mol. The summed E-state index contributed by atoms with van der Waals surface area (Å²) in [7, 11) is -3.34. The van der Waals surface area contributed by atoms with E-state index in [2.05, 4.69) is 5.32 Å². The summed E-state index contributed by atoms with van der Waals surface area (Å²) in [5.41, 5.74) is 1.48. The van der Waals surface area contributed by atoms with Crippen molar-refractivity contribution < 1.29 is 13.2 Å². The van der Waals surface area contributed by atoms with Crippen LogP contribution in [0.1, 0.15) is 24.2 Å². The maximum atomic E-state index is 12.3. The second-order valence-electron chi connectivity index (χ2n) is 5.05. The van der Waals surface area contributed by atoms with Crippen molar-refractivity contribution in [1.82, 2.24) is 0 Å². The van der Waals surface area contributed by atoms with Gasteiger partial charge in [0.1, 0.15) is 0 Å². The van der Waals surface area contributed by atoms with E-state index in [1.54, 1.807) is 62.4 Å². The molecule has 2 aromatic carbocycles. The molecule has 7 heteroatoms. The lowest BCUT2D eigenvalue weighted by Gasteiger charge is -2.22. The van der Waals surface area contributed by atoms with Gasteiger partial charge in [-0.25, -0.2) is 8.42 Å². The number of rotatable bonds is 6. The van der Waals surface area contributed by atoms with E-state index in [0.29, 0.717) is 28.5 Å². The molecular weight excluding hydrogens is 348 g/mol. The fourth-order valence-electron chi connectivity index (χ4n) is 2.23. The Hall–Kier alpha value is -2.05. The molecule has 0 bridgehead atoms. The number of nitrogens with zero attached hydrogens (tertiary/aromatic N) is 1. The van der Waals surface area contributed by atoms with E-state index in [1.807, 2.05) is 0 Å². The van der Waals surface area contributed by atoms with E-state index < -0.39 is 10.0 Å². The molecule has 0 aliphatic rings. The number of hydrogen-bond donors (Lipinski definition) is 1. The van der Waals surface area contributed by atoms with Gasteiger partial charge in [0.2, 0.25) is 10.0 Å². The molecule has 1 amide bonds. The van der Waals surface area contributed by atoms with Gasteiger partial charge in [0.05, 0.1) is 22.2 Å². The SMILES string of the molecule is CCN(c1ccc(C(=O)Nc2ccccc2Cl)cc1)S(=O)(=O)CC. The largest absolute Gasteiger partial charge is 0.321 e. The van der Waals surface area contributed by atoms with E-state index in [-0.39, 0.29) is 11.7 Å². The molecule has 0 saturated heterocycles. The molecule has 1 N–H and O–H groups in total. The van der Waals surface area contributed by atoms with Crippen LogP contribution in [0.15, 0.2) is 48.5 Å². The second-order valence-corrected chi connectivity index (χ2v) is 7.64. The molecule has 0 aromatic heterocycles. The summed E-state index contributed by atoms with van der Waals surface area (Å²) >= 11 is 6.02. The summed E-state index contributed by atoms with van der Waals surface area (Å²) in [4.78, 5) is 12.3. The number of amides is 1. The van der Waals surface area contributed by atoms with Crippen molar-refractivity contribution in [2.24, 2.45) is 0 Å². The first-order valence-corrected chi connectivity index (χ1v) is 9.54. The summed E-state index contributed by atoms with van der Waals surface area (Å²) in [6.07, 6.45) is 0. The van der Waals surface area contributed by atoms with Crippen molar-refractivity contribution in [3.05, 3.63) is 59.1 Å². The number of sulfonamides is 1. The summed E-state index contributed by atoms with van der Waals surface area (Å²) in [6, 6.07) is 13.4. The Morgan fingerprint density at radius 2 is 1.71 bits per heavy atom. The van der Waals surface area contributed by atoms with E-state index in [1.165, 1.54) is 4.31 Å². The van der Waals surface area contributed by atoms with Crippen LogP contribution in [-0.2, 0) is 10.0 Å². The zero-order valence-corrected chi connectivity index (χ0v) is 15.1. The molecule has 0 spiro atoms. The van der Waals surface area contributed by atoms with Gasteiger partial charge in [-0.1, -0.05) is 23.7 Å². The molecule has 0 saturated carbocycles. The molecule has 0 atom stereocenters. The van der Waals surface area contributed by atoms with Crippen molar-refractivity contribution >= 4 is 38.9 Å². The average Bonchev–Trinajstić information content (AvgIpc) is 2.58. The van der Waals surface area contributed by atoms with Gasteiger partial charge >= 0.3 is 0 Å². The highest BCUT2D eigenvalue weighted by Crippen LogP contribution is 2.22. The molecule has 128 valence electrons. The second kappa shape index (κ2) is 7.68. The third kappa shape index (κ3) is 4.07. The van der Waals surface area contributed by atoms with Crippen molar-refractivity contribution in [2.45, 2.75) is 13.8 Å². The fourth-order valence-corrected chi connectivity index (χ4v) is 3.56. The van der Waals surface area contributed by atoms with Gasteiger partial charge in [-0.15, -0.1) is 0 Å². The standard InChI is InChI=1S/C17H19ClN2O3S/c1-3-20(24(22,23)4-2)14-11-9-13(10-12-14)17(21)19-16-8-6-5-7-15(16)18/h5-12H,3-4H2,1-2H3,(H,19,21). The Morgan fingerprint density at radius 3 is 2.25 bits per heavy atom. The minimum absolute atomic E-state index is 0.0234. The lowest BCUT2D eigenvalue weighted by molar-refractivity contribution is 0.102. The van der Waals surface area contributed by atoms with Crippen molar-refractivity contribution in [1.29, 1.82) is 0 Å². The Balaban J connectivity index is 2.20. The van der Waals surface area contributed by atoms with E-state index in [4.69, 9.17) is 11.6 Å². The number of anilines is 2. The van der Waals surface area contributed by atoms with Crippen LogP contribution in [0.25, 0.3) is 0 Å². The van der Waals surface area contributed by atoms with Gasteiger partial charge in [0.25, 0.3) is 5.91 Å². The zero-order chi connectivity index (χ0) is 17.7. The Labute approximate surface area is 147 Å². The molecule has 0 unspecified atom stereocenters. The highest BCUT2D eigenvalue weighted by atomic mass is 35.5. The number of halogens is 1. The van der Waals surface area contributed by atoms with Gasteiger partial charge in [-0.2, -0.15) is 0 Å². The number of hydrogen-bond acceptors (Lipinski definition) is 3. The van der Waals surface area contributed by atoms with Gasteiger partial charge in [-0.3, -0.25) is 9.10 Å². The first-order valence-electron chi connectivity index (χ1n) is 7.55. The first kappa shape index (κ1) is 18.3. The molecule has 24 heavy (non-hydrogen) atoms. The van der Waals surface area contributed by atoms with Crippen molar-refractivity contribution in [3.8, 4) is 0 Å². The van der Waals surface area contributed by atoms with Gasteiger partial charge in [0, 0.05) is 12.1 Å². The Kier molecular flexibility index (Phi) is 5.85. The number of nitrogens with one attached hydrogen (secondary N) is 1. The zero-order valence-electron chi connectivity index (χ0n) is 13.5. The maximum Gasteiger partial charge on any atom is 0.255 e. The van der Waals surface area contributed by atoms with Crippen LogP contribution in [0, 0.1) is 0 Å². The van der Waals surface area contributed by atoms with E-state index in [0.717, 1.165) is 0 Å². The molecular formula is C17H19ClN2O3S. The van der Waals surface area contributed by atoms with Gasteiger partial charge < -0.3 is 5.32 Å². The lowest BCUT2D eigenvalue weighted by Crippen LogP contribution is -2.32. The van der Waals surface area contributed by atoms with Gasteiger partial charge in [0.15, 0.2) is 0 Å². The number of benzene rings is 2. The molecule has 0 aliphatic heterocycles.